The first-order chi connectivity index (χ1) is 6.24. The number of ketones is 1. The van der Waals surface area contributed by atoms with Crippen LogP contribution in [0.15, 0.2) is 0 Å². The molecule has 0 radical (unpaired) electrons. The molecule has 0 spiro atoms. The summed E-state index contributed by atoms with van der Waals surface area (Å²) >= 11 is 1.76. The van der Waals surface area contributed by atoms with E-state index in [-0.39, 0.29) is 10.5 Å². The van der Waals surface area contributed by atoms with Crippen molar-refractivity contribution in [1.82, 2.24) is 0 Å². The molecule has 0 saturated heterocycles. The van der Waals surface area contributed by atoms with Gasteiger partial charge in [0.05, 0.1) is 6.07 Å². The Kier molecular flexibility index (Phi) is 2.33. The topological polar surface area (TPSA) is 40.9 Å². The summed E-state index contributed by atoms with van der Waals surface area (Å²) in [6, 6.07) is 2.31. The highest BCUT2D eigenvalue weighted by Gasteiger charge is 2.46. The molecule has 2 aliphatic rings. The van der Waals surface area contributed by atoms with Gasteiger partial charge >= 0.3 is 0 Å². The molecule has 0 aromatic rings. The molecule has 0 aliphatic heterocycles. The summed E-state index contributed by atoms with van der Waals surface area (Å²) in [6.45, 7) is 0. The Balaban J connectivity index is 1.92. The molecule has 0 aromatic carbocycles. The number of thioether (sulfide) groups is 1. The number of hydrogen-bond acceptors (Lipinski definition) is 3. The first-order valence-electron chi connectivity index (χ1n) is 4.85. The van der Waals surface area contributed by atoms with Crippen LogP contribution in [-0.4, -0.2) is 15.8 Å². The molecular formula is C10H13NOS. The number of nitrogens with zero attached hydrogens (tertiary/aromatic N) is 1. The van der Waals surface area contributed by atoms with Crippen molar-refractivity contribution < 1.29 is 4.79 Å². The maximum atomic E-state index is 10.9. The van der Waals surface area contributed by atoms with Crippen molar-refractivity contribution in [1.29, 1.82) is 5.26 Å². The maximum Gasteiger partial charge on any atom is 0.137 e. The SMILES string of the molecule is N#CC1(SC2CCCC2)CC(=O)C1. The molecule has 2 saturated carbocycles. The highest BCUT2D eigenvalue weighted by molar-refractivity contribution is 8.01. The van der Waals surface area contributed by atoms with Gasteiger partial charge in [0.1, 0.15) is 10.5 Å². The number of rotatable bonds is 2. The third kappa shape index (κ3) is 1.73. The molecule has 2 nitrogen and oxygen atoms in total. The fraction of sp³-hybridized carbons (Fsp3) is 0.800. The predicted octanol–water partition coefficient (Wildman–Crippen LogP) is 2.29. The van der Waals surface area contributed by atoms with Crippen LogP contribution in [-0.2, 0) is 4.79 Å². The monoisotopic (exact) mass is 195 g/mol. The molecule has 2 fully saturated rings. The molecule has 13 heavy (non-hydrogen) atoms. The van der Waals surface area contributed by atoms with Crippen LogP contribution < -0.4 is 0 Å². The Bertz CT molecular complexity index is 255. The lowest BCUT2D eigenvalue weighted by Crippen LogP contribution is -2.41. The van der Waals surface area contributed by atoms with E-state index in [2.05, 4.69) is 6.07 Å². The van der Waals surface area contributed by atoms with E-state index >= 15 is 0 Å². The number of carbonyl (C=O) groups excluding carboxylic acids is 1. The quantitative estimate of drug-likeness (QED) is 0.678. The van der Waals surface area contributed by atoms with Crippen LogP contribution >= 0.6 is 11.8 Å². The van der Waals surface area contributed by atoms with E-state index < -0.39 is 0 Å². The van der Waals surface area contributed by atoms with E-state index in [0.717, 1.165) is 0 Å². The van der Waals surface area contributed by atoms with Gasteiger partial charge in [0.15, 0.2) is 0 Å². The van der Waals surface area contributed by atoms with Crippen molar-refractivity contribution in [2.75, 3.05) is 0 Å². The van der Waals surface area contributed by atoms with E-state index in [1.807, 2.05) is 0 Å². The molecule has 0 atom stereocenters. The lowest BCUT2D eigenvalue weighted by molar-refractivity contribution is -0.124. The van der Waals surface area contributed by atoms with Crippen LogP contribution in [0.4, 0.5) is 0 Å². The summed E-state index contributed by atoms with van der Waals surface area (Å²) in [4.78, 5) is 10.9. The Morgan fingerprint density at radius 2 is 2.00 bits per heavy atom. The fourth-order valence-corrected chi connectivity index (χ4v) is 3.85. The second-order valence-corrected chi connectivity index (χ2v) is 5.71. The van der Waals surface area contributed by atoms with Gasteiger partial charge < -0.3 is 0 Å². The van der Waals surface area contributed by atoms with Crippen molar-refractivity contribution in [3.63, 3.8) is 0 Å². The summed E-state index contributed by atoms with van der Waals surface area (Å²) in [6.07, 6.45) is 6.06. The normalized spacial score (nSPS) is 26.8. The lowest BCUT2D eigenvalue weighted by Gasteiger charge is -2.35. The van der Waals surface area contributed by atoms with Crippen LogP contribution in [0.3, 0.4) is 0 Å². The summed E-state index contributed by atoms with van der Waals surface area (Å²) in [7, 11) is 0. The number of hydrogen-bond donors (Lipinski definition) is 0. The molecule has 0 heterocycles. The minimum atomic E-state index is -0.327. The van der Waals surface area contributed by atoms with E-state index in [4.69, 9.17) is 5.26 Å². The Morgan fingerprint density at radius 3 is 2.46 bits per heavy atom. The zero-order chi connectivity index (χ0) is 9.31. The number of Topliss-reactive ketones (excluding diaryl/α,β-unsaturated/α-hetero) is 1. The van der Waals surface area contributed by atoms with Gasteiger partial charge in [0, 0.05) is 18.1 Å². The molecule has 0 amide bonds. The van der Waals surface area contributed by atoms with Gasteiger partial charge in [0.25, 0.3) is 0 Å². The van der Waals surface area contributed by atoms with Crippen LogP contribution in [0.25, 0.3) is 0 Å². The summed E-state index contributed by atoms with van der Waals surface area (Å²) < 4.78 is -0.327. The molecular weight excluding hydrogens is 182 g/mol. The van der Waals surface area contributed by atoms with Gasteiger partial charge in [-0.1, -0.05) is 12.8 Å². The van der Waals surface area contributed by atoms with Gasteiger partial charge in [-0.25, -0.2) is 0 Å². The smallest absolute Gasteiger partial charge is 0.137 e. The van der Waals surface area contributed by atoms with Crippen molar-refractivity contribution in [3.8, 4) is 6.07 Å². The minimum absolute atomic E-state index is 0.257. The van der Waals surface area contributed by atoms with Gasteiger partial charge in [-0.05, 0) is 12.8 Å². The second kappa shape index (κ2) is 3.34. The third-order valence-corrected chi connectivity index (χ3v) is 4.50. The van der Waals surface area contributed by atoms with Crippen molar-refractivity contribution >= 4 is 17.5 Å². The zero-order valence-electron chi connectivity index (χ0n) is 7.58. The fourth-order valence-electron chi connectivity index (χ4n) is 2.10. The maximum absolute atomic E-state index is 10.9. The Morgan fingerprint density at radius 1 is 1.38 bits per heavy atom. The van der Waals surface area contributed by atoms with Gasteiger partial charge in [-0.2, -0.15) is 5.26 Å². The molecule has 0 bridgehead atoms. The first kappa shape index (κ1) is 9.08. The molecule has 3 heteroatoms. The van der Waals surface area contributed by atoms with Crippen molar-refractivity contribution in [3.05, 3.63) is 0 Å². The highest BCUT2D eigenvalue weighted by Crippen LogP contribution is 2.47. The van der Waals surface area contributed by atoms with Crippen molar-refractivity contribution in [2.45, 2.75) is 48.5 Å². The van der Waals surface area contributed by atoms with Gasteiger partial charge in [-0.3, -0.25) is 4.79 Å². The highest BCUT2D eigenvalue weighted by atomic mass is 32.2. The number of nitriles is 1. The van der Waals surface area contributed by atoms with Gasteiger partial charge in [-0.15, -0.1) is 11.8 Å². The average molecular weight is 195 g/mol. The second-order valence-electron chi connectivity index (χ2n) is 4.02. The van der Waals surface area contributed by atoms with E-state index in [1.165, 1.54) is 25.7 Å². The molecule has 0 N–H and O–H groups in total. The largest absolute Gasteiger partial charge is 0.300 e. The van der Waals surface area contributed by atoms with Crippen molar-refractivity contribution in [2.24, 2.45) is 0 Å². The average Bonchev–Trinajstić information content (AvgIpc) is 2.53. The summed E-state index contributed by atoms with van der Waals surface area (Å²) in [5.74, 6) is 0.257. The molecule has 0 unspecified atom stereocenters. The Labute approximate surface area is 82.7 Å². The molecule has 2 aliphatic carbocycles. The molecule has 0 aromatic heterocycles. The van der Waals surface area contributed by atoms with E-state index in [9.17, 15) is 4.79 Å². The third-order valence-electron chi connectivity index (χ3n) is 2.86. The van der Waals surface area contributed by atoms with Crippen LogP contribution in [0.2, 0.25) is 0 Å². The van der Waals surface area contributed by atoms with Gasteiger partial charge in [0.2, 0.25) is 0 Å². The van der Waals surface area contributed by atoms with E-state index in [1.54, 1.807) is 11.8 Å². The first-order valence-corrected chi connectivity index (χ1v) is 5.73. The number of carbonyl (C=O) groups is 1. The standard InChI is InChI=1S/C10H13NOS/c11-7-10(5-8(12)6-10)13-9-3-1-2-4-9/h9H,1-6H2. The zero-order valence-corrected chi connectivity index (χ0v) is 8.40. The van der Waals surface area contributed by atoms with Crippen LogP contribution in [0, 0.1) is 11.3 Å². The summed E-state index contributed by atoms with van der Waals surface area (Å²) in [5, 5.41) is 9.64. The lowest BCUT2D eigenvalue weighted by atomic mass is 9.84. The summed E-state index contributed by atoms with van der Waals surface area (Å²) in [5.41, 5.74) is 0. The van der Waals surface area contributed by atoms with Crippen LogP contribution in [0.1, 0.15) is 38.5 Å². The molecule has 70 valence electrons. The predicted molar refractivity (Wildman–Crippen MR) is 52.4 cm³/mol. The minimum Gasteiger partial charge on any atom is -0.300 e. The van der Waals surface area contributed by atoms with Crippen LogP contribution in [0.5, 0.6) is 0 Å². The molecule has 2 rings (SSSR count). The Hall–Kier alpha value is -0.490. The van der Waals surface area contributed by atoms with E-state index in [0.29, 0.717) is 18.1 Å².